The molecule has 1 fully saturated rings. The molecule has 0 aromatic heterocycles. The minimum Gasteiger partial charge on any atom is -0.338 e. The molecule has 1 aromatic carbocycles. The topological polar surface area (TPSA) is 46.3 Å². The lowest BCUT2D eigenvalue weighted by molar-refractivity contribution is 0.0781. The van der Waals surface area contributed by atoms with Gasteiger partial charge >= 0.3 is 0 Å². The van der Waals surface area contributed by atoms with Gasteiger partial charge in [-0.3, -0.25) is 4.79 Å². The number of carbonyl (C=O) groups excluding carboxylic acids is 1. The van der Waals surface area contributed by atoms with Gasteiger partial charge in [0.05, 0.1) is 5.56 Å². The van der Waals surface area contributed by atoms with Gasteiger partial charge < -0.3 is 10.6 Å². The molecular weight excluding hydrogens is 267 g/mol. The number of carbonyl (C=O) groups is 1. The zero-order valence-corrected chi connectivity index (χ0v) is 12.0. The second-order valence-electron chi connectivity index (χ2n) is 5.10. The van der Waals surface area contributed by atoms with Crippen molar-refractivity contribution in [1.29, 1.82) is 0 Å². The van der Waals surface area contributed by atoms with E-state index in [0.717, 1.165) is 6.42 Å². The fourth-order valence-corrected chi connectivity index (χ4v) is 2.38. The highest BCUT2D eigenvalue weighted by Gasteiger charge is 2.30. The Morgan fingerprint density at radius 3 is 2.79 bits per heavy atom. The summed E-state index contributed by atoms with van der Waals surface area (Å²) in [7, 11) is 0. The number of rotatable bonds is 2. The molecule has 1 aliphatic rings. The number of likely N-dealkylation sites (tertiary alicyclic amines) is 1. The predicted octanol–water partition coefficient (Wildman–Crippen LogP) is 2.37. The summed E-state index contributed by atoms with van der Waals surface area (Å²) in [5.41, 5.74) is 6.51. The van der Waals surface area contributed by atoms with E-state index in [4.69, 9.17) is 5.73 Å². The van der Waals surface area contributed by atoms with E-state index in [2.05, 4.69) is 0 Å². The minimum absolute atomic E-state index is 0. The van der Waals surface area contributed by atoms with Crippen LogP contribution in [-0.2, 0) is 0 Å². The molecule has 1 amide bonds. The van der Waals surface area contributed by atoms with Crippen molar-refractivity contribution in [2.45, 2.75) is 26.3 Å². The molecule has 3 nitrogen and oxygen atoms in total. The number of hydrogen-bond acceptors (Lipinski definition) is 2. The Balaban J connectivity index is 0.00000180. The van der Waals surface area contributed by atoms with Crippen LogP contribution in [0, 0.1) is 18.7 Å². The monoisotopic (exact) mass is 286 g/mol. The van der Waals surface area contributed by atoms with Crippen molar-refractivity contribution >= 4 is 18.3 Å². The van der Waals surface area contributed by atoms with Crippen LogP contribution in [0.4, 0.5) is 4.39 Å². The Bertz CT molecular complexity index is 465. The van der Waals surface area contributed by atoms with Crippen LogP contribution in [0.3, 0.4) is 0 Å². The van der Waals surface area contributed by atoms with Crippen LogP contribution in [0.2, 0.25) is 0 Å². The molecule has 0 bridgehead atoms. The maximum absolute atomic E-state index is 13.9. The summed E-state index contributed by atoms with van der Waals surface area (Å²) in [6, 6.07) is 5.00. The zero-order chi connectivity index (χ0) is 13.3. The first-order valence-corrected chi connectivity index (χ1v) is 6.30. The summed E-state index contributed by atoms with van der Waals surface area (Å²) in [6.07, 6.45) is 0.900. The number of amides is 1. The maximum Gasteiger partial charge on any atom is 0.256 e. The van der Waals surface area contributed by atoms with E-state index in [-0.39, 0.29) is 29.9 Å². The quantitative estimate of drug-likeness (QED) is 0.907. The number of benzene rings is 1. The van der Waals surface area contributed by atoms with Crippen molar-refractivity contribution in [3.8, 4) is 0 Å². The molecule has 1 aromatic rings. The Labute approximate surface area is 119 Å². The van der Waals surface area contributed by atoms with E-state index in [1.165, 1.54) is 0 Å². The molecule has 2 rings (SSSR count). The highest BCUT2D eigenvalue weighted by Crippen LogP contribution is 2.22. The Kier molecular flexibility index (Phi) is 5.32. The molecule has 0 aliphatic carbocycles. The zero-order valence-electron chi connectivity index (χ0n) is 11.2. The van der Waals surface area contributed by atoms with E-state index in [1.54, 1.807) is 30.0 Å². The fraction of sp³-hybridized carbons (Fsp3) is 0.500. The van der Waals surface area contributed by atoms with Crippen molar-refractivity contribution < 1.29 is 9.18 Å². The van der Waals surface area contributed by atoms with E-state index >= 15 is 0 Å². The molecule has 5 heteroatoms. The smallest absolute Gasteiger partial charge is 0.256 e. The number of nitrogens with two attached hydrogens (primary N) is 1. The maximum atomic E-state index is 13.9. The third kappa shape index (κ3) is 3.25. The standard InChI is InChI=1S/C14H19FN2O.ClH/c1-9-4-3-5-12(13(9)15)14(18)17-7-6-11(8-17)10(2)16;/h3-5,10-11H,6-8,16H2,1-2H3;1H. The van der Waals surface area contributed by atoms with Crippen LogP contribution in [-0.4, -0.2) is 29.9 Å². The van der Waals surface area contributed by atoms with E-state index in [1.807, 2.05) is 6.92 Å². The Hall–Kier alpha value is -1.13. The first kappa shape index (κ1) is 15.9. The second-order valence-corrected chi connectivity index (χ2v) is 5.10. The number of nitrogens with zero attached hydrogens (tertiary/aromatic N) is 1. The van der Waals surface area contributed by atoms with Crippen LogP contribution in [0.5, 0.6) is 0 Å². The summed E-state index contributed by atoms with van der Waals surface area (Å²) in [4.78, 5) is 13.9. The van der Waals surface area contributed by atoms with Crippen LogP contribution in [0.25, 0.3) is 0 Å². The predicted molar refractivity (Wildman–Crippen MR) is 76.0 cm³/mol. The fourth-order valence-electron chi connectivity index (χ4n) is 2.38. The van der Waals surface area contributed by atoms with Gasteiger partial charge in [-0.1, -0.05) is 12.1 Å². The third-order valence-corrected chi connectivity index (χ3v) is 3.68. The molecule has 19 heavy (non-hydrogen) atoms. The SMILES string of the molecule is Cc1cccc(C(=O)N2CCC(C(C)N)C2)c1F.Cl. The van der Waals surface area contributed by atoms with Gasteiger partial charge in [-0.05, 0) is 37.8 Å². The molecule has 106 valence electrons. The summed E-state index contributed by atoms with van der Waals surface area (Å²) in [5, 5.41) is 0. The molecule has 2 unspecified atom stereocenters. The first-order valence-electron chi connectivity index (χ1n) is 6.30. The van der Waals surface area contributed by atoms with Gasteiger partial charge in [0, 0.05) is 19.1 Å². The van der Waals surface area contributed by atoms with Gasteiger partial charge in [0.15, 0.2) is 0 Å². The van der Waals surface area contributed by atoms with Crippen LogP contribution in [0.1, 0.15) is 29.3 Å². The number of halogens is 2. The normalized spacial score (nSPS) is 20.0. The van der Waals surface area contributed by atoms with Crippen LogP contribution >= 0.6 is 12.4 Å². The second kappa shape index (κ2) is 6.35. The van der Waals surface area contributed by atoms with Crippen LogP contribution in [0.15, 0.2) is 18.2 Å². The lowest BCUT2D eigenvalue weighted by Gasteiger charge is -2.18. The third-order valence-electron chi connectivity index (χ3n) is 3.68. The summed E-state index contributed by atoms with van der Waals surface area (Å²) in [5.74, 6) is -0.312. The summed E-state index contributed by atoms with van der Waals surface area (Å²) in [6.45, 7) is 4.91. The van der Waals surface area contributed by atoms with E-state index in [0.29, 0.717) is 24.6 Å². The van der Waals surface area contributed by atoms with Crippen molar-refractivity contribution in [2.24, 2.45) is 11.7 Å². The average molecular weight is 287 g/mol. The molecule has 1 aliphatic heterocycles. The van der Waals surface area contributed by atoms with Crippen molar-refractivity contribution in [1.82, 2.24) is 4.90 Å². The van der Waals surface area contributed by atoms with Gasteiger partial charge in [0.1, 0.15) is 5.82 Å². The van der Waals surface area contributed by atoms with E-state index in [9.17, 15) is 9.18 Å². The molecule has 2 N–H and O–H groups in total. The van der Waals surface area contributed by atoms with Crippen LogP contribution < -0.4 is 5.73 Å². The summed E-state index contributed by atoms with van der Waals surface area (Å²) >= 11 is 0. The molecule has 2 atom stereocenters. The largest absolute Gasteiger partial charge is 0.338 e. The Morgan fingerprint density at radius 1 is 1.53 bits per heavy atom. The van der Waals surface area contributed by atoms with Gasteiger partial charge in [0.25, 0.3) is 5.91 Å². The highest BCUT2D eigenvalue weighted by atomic mass is 35.5. The average Bonchev–Trinajstić information content (AvgIpc) is 2.81. The van der Waals surface area contributed by atoms with Crippen molar-refractivity contribution in [2.75, 3.05) is 13.1 Å². The van der Waals surface area contributed by atoms with Crippen molar-refractivity contribution in [3.63, 3.8) is 0 Å². The van der Waals surface area contributed by atoms with Gasteiger partial charge in [0.2, 0.25) is 0 Å². The minimum atomic E-state index is -0.410. The summed E-state index contributed by atoms with van der Waals surface area (Å²) < 4.78 is 13.9. The molecule has 1 heterocycles. The number of hydrogen-bond donors (Lipinski definition) is 1. The molecule has 0 spiro atoms. The first-order chi connectivity index (χ1) is 8.50. The Morgan fingerprint density at radius 2 is 2.21 bits per heavy atom. The van der Waals surface area contributed by atoms with Gasteiger partial charge in [-0.2, -0.15) is 0 Å². The number of aryl methyl sites for hydroxylation is 1. The lowest BCUT2D eigenvalue weighted by atomic mass is 10.0. The van der Waals surface area contributed by atoms with E-state index < -0.39 is 5.82 Å². The highest BCUT2D eigenvalue weighted by molar-refractivity contribution is 5.94. The van der Waals surface area contributed by atoms with Gasteiger partial charge in [-0.25, -0.2) is 4.39 Å². The lowest BCUT2D eigenvalue weighted by Crippen LogP contribution is -2.33. The molecule has 0 saturated carbocycles. The molecule has 1 saturated heterocycles. The molecule has 0 radical (unpaired) electrons. The van der Waals surface area contributed by atoms with Crippen molar-refractivity contribution in [3.05, 3.63) is 35.1 Å². The molecular formula is C14H20ClFN2O. The van der Waals surface area contributed by atoms with Gasteiger partial charge in [-0.15, -0.1) is 12.4 Å².